The van der Waals surface area contributed by atoms with E-state index in [1.807, 2.05) is 0 Å². The molecule has 0 N–H and O–H groups in total. The van der Waals surface area contributed by atoms with Gasteiger partial charge in [0, 0.05) is 12.0 Å². The zero-order chi connectivity index (χ0) is 10.6. The van der Waals surface area contributed by atoms with Crippen molar-refractivity contribution in [2.24, 2.45) is 0 Å². The molecule has 0 aliphatic carbocycles. The molecule has 0 saturated carbocycles. The van der Waals surface area contributed by atoms with Crippen LogP contribution in [0.15, 0.2) is 11.6 Å². The molecule has 14 heavy (non-hydrogen) atoms. The fourth-order valence-corrected chi connectivity index (χ4v) is 0.827. The number of ether oxygens (including phenoxy) is 2. The van der Waals surface area contributed by atoms with Crippen LogP contribution in [0.1, 0.15) is 20.3 Å². The van der Waals surface area contributed by atoms with Crippen LogP contribution in [0.2, 0.25) is 0 Å². The molecule has 0 bridgehead atoms. The van der Waals surface area contributed by atoms with Crippen LogP contribution in [0, 0.1) is 0 Å². The van der Waals surface area contributed by atoms with E-state index in [1.54, 1.807) is 13.0 Å². The Morgan fingerprint density at radius 2 is 2.14 bits per heavy atom. The van der Waals surface area contributed by atoms with E-state index in [1.165, 1.54) is 6.92 Å². The van der Waals surface area contributed by atoms with E-state index >= 15 is 0 Å². The number of allylic oxidation sites excluding steroid dienone is 1. The molecule has 1 unspecified atom stereocenters. The summed E-state index contributed by atoms with van der Waals surface area (Å²) in [5.41, 5.74) is 0.473. The molecule has 1 aliphatic heterocycles. The average molecular weight is 198 g/mol. The Morgan fingerprint density at radius 3 is 2.64 bits per heavy atom. The van der Waals surface area contributed by atoms with Gasteiger partial charge in [-0.3, -0.25) is 4.79 Å². The van der Waals surface area contributed by atoms with E-state index in [0.717, 1.165) is 0 Å². The van der Waals surface area contributed by atoms with Gasteiger partial charge in [-0.05, 0) is 13.8 Å². The van der Waals surface area contributed by atoms with Crippen molar-refractivity contribution in [3.8, 4) is 0 Å². The SMILES string of the molecule is CC(=O)CC=C(C)C(=O)OCC1CO1. The molecule has 4 nitrogen and oxygen atoms in total. The van der Waals surface area contributed by atoms with Gasteiger partial charge in [0.15, 0.2) is 0 Å². The van der Waals surface area contributed by atoms with Crippen LogP contribution in [0.5, 0.6) is 0 Å². The molecule has 1 heterocycles. The summed E-state index contributed by atoms with van der Waals surface area (Å²) in [6.45, 7) is 4.10. The van der Waals surface area contributed by atoms with Crippen molar-refractivity contribution >= 4 is 11.8 Å². The van der Waals surface area contributed by atoms with E-state index in [9.17, 15) is 9.59 Å². The van der Waals surface area contributed by atoms with E-state index in [-0.39, 0.29) is 24.3 Å². The molecule has 1 aliphatic rings. The zero-order valence-corrected chi connectivity index (χ0v) is 8.41. The van der Waals surface area contributed by atoms with Crippen LogP contribution in [-0.2, 0) is 19.1 Å². The minimum absolute atomic E-state index is 0.0303. The number of carbonyl (C=O) groups is 2. The molecule has 4 heteroatoms. The first-order valence-electron chi connectivity index (χ1n) is 4.54. The summed E-state index contributed by atoms with van der Waals surface area (Å²) in [6, 6.07) is 0. The van der Waals surface area contributed by atoms with Gasteiger partial charge in [-0.1, -0.05) is 6.08 Å². The summed E-state index contributed by atoms with van der Waals surface area (Å²) >= 11 is 0. The van der Waals surface area contributed by atoms with Gasteiger partial charge >= 0.3 is 5.97 Å². The zero-order valence-electron chi connectivity index (χ0n) is 8.41. The minimum atomic E-state index is -0.373. The summed E-state index contributed by atoms with van der Waals surface area (Å²) in [4.78, 5) is 21.9. The number of esters is 1. The lowest BCUT2D eigenvalue weighted by Gasteiger charge is -2.01. The Morgan fingerprint density at radius 1 is 1.50 bits per heavy atom. The van der Waals surface area contributed by atoms with Crippen LogP contribution in [0.4, 0.5) is 0 Å². The second-order valence-electron chi connectivity index (χ2n) is 3.35. The molecule has 0 amide bonds. The summed E-state index contributed by atoms with van der Waals surface area (Å²) in [6.07, 6.45) is 1.94. The second-order valence-corrected chi connectivity index (χ2v) is 3.35. The monoisotopic (exact) mass is 198 g/mol. The highest BCUT2D eigenvalue weighted by atomic mass is 16.6. The quantitative estimate of drug-likeness (QED) is 0.373. The van der Waals surface area contributed by atoms with Crippen LogP contribution >= 0.6 is 0 Å². The lowest BCUT2D eigenvalue weighted by molar-refractivity contribution is -0.139. The van der Waals surface area contributed by atoms with Crippen molar-refractivity contribution in [2.45, 2.75) is 26.4 Å². The highest BCUT2D eigenvalue weighted by molar-refractivity contribution is 5.89. The molecule has 0 aromatic rings. The van der Waals surface area contributed by atoms with E-state index in [4.69, 9.17) is 9.47 Å². The van der Waals surface area contributed by atoms with Gasteiger partial charge in [0.05, 0.1) is 6.61 Å². The first kappa shape index (κ1) is 10.9. The smallest absolute Gasteiger partial charge is 0.333 e. The fourth-order valence-electron chi connectivity index (χ4n) is 0.827. The fraction of sp³-hybridized carbons (Fsp3) is 0.600. The van der Waals surface area contributed by atoms with Crippen LogP contribution < -0.4 is 0 Å². The van der Waals surface area contributed by atoms with Crippen molar-refractivity contribution in [3.05, 3.63) is 11.6 Å². The van der Waals surface area contributed by atoms with Crippen molar-refractivity contribution in [2.75, 3.05) is 13.2 Å². The summed E-state index contributed by atoms with van der Waals surface area (Å²) in [7, 11) is 0. The molecule has 0 spiro atoms. The number of carbonyl (C=O) groups excluding carboxylic acids is 2. The molecule has 1 saturated heterocycles. The maximum atomic E-state index is 11.2. The lowest BCUT2D eigenvalue weighted by atomic mass is 10.2. The van der Waals surface area contributed by atoms with Gasteiger partial charge in [-0.15, -0.1) is 0 Å². The van der Waals surface area contributed by atoms with Crippen LogP contribution in [-0.4, -0.2) is 31.1 Å². The molecule has 1 fully saturated rings. The van der Waals surface area contributed by atoms with Gasteiger partial charge in [0.2, 0.25) is 0 Å². The molecular weight excluding hydrogens is 184 g/mol. The molecule has 0 aromatic heterocycles. The number of epoxide rings is 1. The topological polar surface area (TPSA) is 55.9 Å². The number of hydrogen-bond acceptors (Lipinski definition) is 4. The molecule has 0 radical (unpaired) electrons. The molecule has 78 valence electrons. The maximum absolute atomic E-state index is 11.2. The van der Waals surface area contributed by atoms with Crippen molar-refractivity contribution in [3.63, 3.8) is 0 Å². The predicted octanol–water partition coefficient (Wildman–Crippen LogP) is 0.854. The Bertz CT molecular complexity index is 263. The van der Waals surface area contributed by atoms with E-state index < -0.39 is 0 Å². The second kappa shape index (κ2) is 4.91. The number of Topliss-reactive ketones (excluding diaryl/α,β-unsaturated/α-hetero) is 1. The third-order valence-corrected chi connectivity index (χ3v) is 1.82. The van der Waals surface area contributed by atoms with Gasteiger partial charge in [0.1, 0.15) is 18.5 Å². The summed E-state index contributed by atoms with van der Waals surface area (Å²) in [5, 5.41) is 0. The third kappa shape index (κ3) is 4.18. The highest BCUT2D eigenvalue weighted by Crippen LogP contribution is 2.10. The largest absolute Gasteiger partial charge is 0.459 e. The van der Waals surface area contributed by atoms with Gasteiger partial charge in [-0.25, -0.2) is 4.79 Å². The first-order chi connectivity index (χ1) is 6.59. The number of hydrogen-bond donors (Lipinski definition) is 0. The van der Waals surface area contributed by atoms with Crippen molar-refractivity contribution in [1.82, 2.24) is 0 Å². The lowest BCUT2D eigenvalue weighted by Crippen LogP contribution is -2.10. The Kier molecular flexibility index (Phi) is 3.83. The molecule has 1 atom stereocenters. The Hall–Kier alpha value is -1.16. The number of ketones is 1. The Balaban J connectivity index is 2.26. The van der Waals surface area contributed by atoms with Crippen molar-refractivity contribution < 1.29 is 19.1 Å². The van der Waals surface area contributed by atoms with Gasteiger partial charge < -0.3 is 9.47 Å². The van der Waals surface area contributed by atoms with Gasteiger partial charge in [0.25, 0.3) is 0 Å². The first-order valence-corrected chi connectivity index (χ1v) is 4.54. The normalized spacial score (nSPS) is 20.4. The minimum Gasteiger partial charge on any atom is -0.459 e. The third-order valence-electron chi connectivity index (χ3n) is 1.82. The summed E-state index contributed by atoms with van der Waals surface area (Å²) in [5.74, 6) is -0.343. The van der Waals surface area contributed by atoms with Crippen LogP contribution in [0.25, 0.3) is 0 Å². The molecular formula is C10H14O4. The van der Waals surface area contributed by atoms with Crippen molar-refractivity contribution in [1.29, 1.82) is 0 Å². The summed E-state index contributed by atoms with van der Waals surface area (Å²) < 4.78 is 9.80. The average Bonchev–Trinajstić information content (AvgIpc) is 2.93. The van der Waals surface area contributed by atoms with Gasteiger partial charge in [-0.2, -0.15) is 0 Å². The highest BCUT2D eigenvalue weighted by Gasteiger charge is 2.24. The molecule has 0 aromatic carbocycles. The standard InChI is InChI=1S/C10H14O4/c1-7(3-4-8(2)11)10(12)14-6-9-5-13-9/h3,9H,4-6H2,1-2H3. The molecule has 1 rings (SSSR count). The predicted molar refractivity (Wildman–Crippen MR) is 49.8 cm³/mol. The maximum Gasteiger partial charge on any atom is 0.333 e. The number of rotatable bonds is 5. The van der Waals surface area contributed by atoms with Crippen LogP contribution in [0.3, 0.4) is 0 Å². The van der Waals surface area contributed by atoms with E-state index in [0.29, 0.717) is 18.8 Å². The Labute approximate surface area is 82.9 Å². The van der Waals surface area contributed by atoms with E-state index in [2.05, 4.69) is 0 Å².